The number of aromatic nitrogens is 3. The van der Waals surface area contributed by atoms with Crippen molar-refractivity contribution in [2.45, 2.75) is 26.4 Å². The number of aromatic hydroxyl groups is 1. The molecule has 2 N–H and O–H groups in total. The van der Waals surface area contributed by atoms with Crippen LogP contribution in [0, 0.1) is 18.3 Å². The third kappa shape index (κ3) is 4.47. The summed E-state index contributed by atoms with van der Waals surface area (Å²) in [6.07, 6.45) is 3.77. The molecular weight excluding hydrogens is 382 g/mol. The molecule has 1 atom stereocenters. The van der Waals surface area contributed by atoms with Crippen LogP contribution >= 0.6 is 0 Å². The Kier molecular flexibility index (Phi) is 6.45. The topological polar surface area (TPSA) is 113 Å². The largest absolute Gasteiger partial charge is 0.493 e. The smallest absolute Gasteiger partial charge is 0.252 e. The van der Waals surface area contributed by atoms with Gasteiger partial charge in [0.25, 0.3) is 5.91 Å². The van der Waals surface area contributed by atoms with Crippen LogP contribution < -0.4 is 5.32 Å². The number of rotatable bonds is 7. The van der Waals surface area contributed by atoms with Gasteiger partial charge in [-0.1, -0.05) is 6.07 Å². The summed E-state index contributed by atoms with van der Waals surface area (Å²) in [5.41, 5.74) is 3.13. The van der Waals surface area contributed by atoms with Gasteiger partial charge in [0.2, 0.25) is 5.88 Å². The minimum Gasteiger partial charge on any atom is -0.493 e. The summed E-state index contributed by atoms with van der Waals surface area (Å²) in [5, 5.41) is 26.7. The van der Waals surface area contributed by atoms with Gasteiger partial charge in [0.05, 0.1) is 35.1 Å². The fourth-order valence-corrected chi connectivity index (χ4v) is 2.99. The predicted molar refractivity (Wildman–Crippen MR) is 111 cm³/mol. The number of nitrogens with one attached hydrogen (secondary N) is 1. The van der Waals surface area contributed by atoms with Crippen molar-refractivity contribution in [1.29, 1.82) is 5.26 Å². The van der Waals surface area contributed by atoms with Crippen LogP contribution in [0.4, 0.5) is 0 Å². The van der Waals surface area contributed by atoms with Gasteiger partial charge in [-0.15, -0.1) is 0 Å². The lowest BCUT2D eigenvalue weighted by molar-refractivity contribution is 0.0917. The van der Waals surface area contributed by atoms with Crippen LogP contribution in [0.2, 0.25) is 0 Å². The number of benzene rings is 1. The summed E-state index contributed by atoms with van der Waals surface area (Å²) in [4.78, 5) is 16.5. The SMILES string of the molecule is COC(C)CCNC(=O)c1ccc(-n2ncc(-c3ccc(C#N)cc3C)c2O)nc1. The van der Waals surface area contributed by atoms with Crippen LogP contribution in [0.3, 0.4) is 0 Å². The minimum atomic E-state index is -0.226. The van der Waals surface area contributed by atoms with Gasteiger partial charge in [-0.25, -0.2) is 4.98 Å². The Bertz CT molecular complexity index is 1080. The van der Waals surface area contributed by atoms with E-state index in [1.807, 2.05) is 13.8 Å². The molecule has 0 radical (unpaired) electrons. The number of hydrogen-bond donors (Lipinski definition) is 2. The standard InChI is InChI=1S/C22H23N5O3/c1-14-10-16(11-23)4-6-18(14)19-13-26-27(22(19)29)20-7-5-17(12-25-20)21(28)24-9-8-15(2)30-3/h4-7,10,12-13,15,29H,8-9H2,1-3H3,(H,24,28). The normalized spacial score (nSPS) is 11.7. The Balaban J connectivity index is 1.76. The number of methoxy groups -OCH3 is 1. The molecule has 1 unspecified atom stereocenters. The molecular formula is C22H23N5O3. The van der Waals surface area contributed by atoms with Crippen LogP contribution in [0.1, 0.15) is 34.8 Å². The lowest BCUT2D eigenvalue weighted by Gasteiger charge is -2.10. The average Bonchev–Trinajstić information content (AvgIpc) is 3.14. The molecule has 0 saturated heterocycles. The Morgan fingerprint density at radius 1 is 1.30 bits per heavy atom. The summed E-state index contributed by atoms with van der Waals surface area (Å²) in [6, 6.07) is 10.6. The van der Waals surface area contributed by atoms with E-state index in [-0.39, 0.29) is 17.9 Å². The van der Waals surface area contributed by atoms with E-state index in [0.29, 0.717) is 35.5 Å². The molecule has 2 aromatic heterocycles. The Labute approximate surface area is 174 Å². The maximum Gasteiger partial charge on any atom is 0.252 e. The van der Waals surface area contributed by atoms with Crippen molar-refractivity contribution >= 4 is 5.91 Å². The number of amides is 1. The van der Waals surface area contributed by atoms with Gasteiger partial charge in [0.15, 0.2) is 5.82 Å². The highest BCUT2D eigenvalue weighted by atomic mass is 16.5. The third-order valence-corrected chi connectivity index (χ3v) is 4.86. The van der Waals surface area contributed by atoms with E-state index in [9.17, 15) is 9.90 Å². The maximum atomic E-state index is 12.2. The quantitative estimate of drug-likeness (QED) is 0.625. The first-order valence-corrected chi connectivity index (χ1v) is 9.50. The van der Waals surface area contributed by atoms with Gasteiger partial charge in [-0.3, -0.25) is 4.79 Å². The molecule has 0 aliphatic rings. The Morgan fingerprint density at radius 3 is 2.73 bits per heavy atom. The number of carbonyl (C=O) groups excluding carboxylic acids is 1. The van der Waals surface area contributed by atoms with Crippen molar-refractivity contribution in [3.8, 4) is 28.9 Å². The van der Waals surface area contributed by atoms with E-state index >= 15 is 0 Å². The number of nitrogens with zero attached hydrogens (tertiary/aromatic N) is 4. The maximum absolute atomic E-state index is 12.2. The number of ether oxygens (including phenoxy) is 1. The van der Waals surface area contributed by atoms with E-state index in [4.69, 9.17) is 10.00 Å². The number of hydrogen-bond acceptors (Lipinski definition) is 6. The number of pyridine rings is 1. The molecule has 3 rings (SSSR count). The molecule has 0 fully saturated rings. The molecule has 0 aliphatic heterocycles. The predicted octanol–water partition coefficient (Wildman–Crippen LogP) is 2.97. The van der Waals surface area contributed by atoms with Gasteiger partial charge in [-0.2, -0.15) is 15.0 Å². The highest BCUT2D eigenvalue weighted by Gasteiger charge is 2.16. The zero-order chi connectivity index (χ0) is 21.7. The van der Waals surface area contributed by atoms with E-state index in [1.54, 1.807) is 43.6 Å². The van der Waals surface area contributed by atoms with E-state index in [1.165, 1.54) is 10.9 Å². The second-order valence-corrected chi connectivity index (χ2v) is 6.93. The first-order chi connectivity index (χ1) is 14.4. The molecule has 8 heteroatoms. The van der Waals surface area contributed by atoms with Crippen molar-refractivity contribution in [3.05, 3.63) is 59.4 Å². The highest BCUT2D eigenvalue weighted by Crippen LogP contribution is 2.32. The van der Waals surface area contributed by atoms with Crippen molar-refractivity contribution in [2.24, 2.45) is 0 Å². The van der Waals surface area contributed by atoms with E-state index in [0.717, 1.165) is 11.1 Å². The monoisotopic (exact) mass is 405 g/mol. The molecule has 0 saturated carbocycles. The third-order valence-electron chi connectivity index (χ3n) is 4.86. The lowest BCUT2D eigenvalue weighted by Crippen LogP contribution is -2.27. The summed E-state index contributed by atoms with van der Waals surface area (Å²) < 4.78 is 6.46. The van der Waals surface area contributed by atoms with Gasteiger partial charge >= 0.3 is 0 Å². The lowest BCUT2D eigenvalue weighted by atomic mass is 10.0. The average molecular weight is 405 g/mol. The van der Waals surface area contributed by atoms with Gasteiger partial charge in [-0.05, 0) is 55.7 Å². The van der Waals surface area contributed by atoms with E-state index in [2.05, 4.69) is 21.5 Å². The first-order valence-electron chi connectivity index (χ1n) is 9.50. The van der Waals surface area contributed by atoms with Crippen molar-refractivity contribution in [2.75, 3.05) is 13.7 Å². The molecule has 2 heterocycles. The highest BCUT2D eigenvalue weighted by molar-refractivity contribution is 5.93. The summed E-state index contributed by atoms with van der Waals surface area (Å²) >= 11 is 0. The number of carbonyl (C=O) groups is 1. The molecule has 0 aliphatic carbocycles. The zero-order valence-electron chi connectivity index (χ0n) is 17.1. The molecule has 8 nitrogen and oxygen atoms in total. The van der Waals surface area contributed by atoms with Crippen LogP contribution in [0.25, 0.3) is 16.9 Å². The fraction of sp³-hybridized carbons (Fsp3) is 0.273. The molecule has 0 bridgehead atoms. The number of nitriles is 1. The molecule has 30 heavy (non-hydrogen) atoms. The van der Waals surface area contributed by atoms with Gasteiger partial charge < -0.3 is 15.2 Å². The van der Waals surface area contributed by atoms with Crippen molar-refractivity contribution in [3.63, 3.8) is 0 Å². The molecule has 1 aromatic carbocycles. The molecule has 154 valence electrons. The van der Waals surface area contributed by atoms with Crippen LogP contribution in [-0.4, -0.2) is 45.5 Å². The summed E-state index contributed by atoms with van der Waals surface area (Å²) in [6.45, 7) is 4.31. The Hall–Kier alpha value is -3.70. The Morgan fingerprint density at radius 2 is 2.10 bits per heavy atom. The number of aryl methyl sites for hydroxylation is 1. The van der Waals surface area contributed by atoms with Gasteiger partial charge in [0.1, 0.15) is 0 Å². The van der Waals surface area contributed by atoms with Crippen molar-refractivity contribution < 1.29 is 14.6 Å². The van der Waals surface area contributed by atoms with Crippen molar-refractivity contribution in [1.82, 2.24) is 20.1 Å². The van der Waals surface area contributed by atoms with Gasteiger partial charge in [0, 0.05) is 19.9 Å². The zero-order valence-corrected chi connectivity index (χ0v) is 17.1. The summed E-state index contributed by atoms with van der Waals surface area (Å²) in [7, 11) is 1.63. The molecule has 0 spiro atoms. The van der Waals surface area contributed by atoms with Crippen LogP contribution in [-0.2, 0) is 4.74 Å². The summed E-state index contributed by atoms with van der Waals surface area (Å²) in [5.74, 6) is 0.0894. The second-order valence-electron chi connectivity index (χ2n) is 6.93. The minimum absolute atomic E-state index is 0.0685. The fourth-order valence-electron chi connectivity index (χ4n) is 2.99. The molecule has 1 amide bonds. The first kappa shape index (κ1) is 21.0. The van der Waals surface area contributed by atoms with Crippen LogP contribution in [0.15, 0.2) is 42.7 Å². The molecule has 3 aromatic rings. The second kappa shape index (κ2) is 9.20. The van der Waals surface area contributed by atoms with Crippen LogP contribution in [0.5, 0.6) is 5.88 Å². The van der Waals surface area contributed by atoms with E-state index < -0.39 is 0 Å².